The summed E-state index contributed by atoms with van der Waals surface area (Å²) in [6.45, 7) is 14.0. The summed E-state index contributed by atoms with van der Waals surface area (Å²) in [7, 11) is 0. The fourth-order valence-electron chi connectivity index (χ4n) is 2.61. The number of hydrogen-bond donors (Lipinski definition) is 0. The molecule has 0 aliphatic heterocycles. The van der Waals surface area contributed by atoms with Crippen LogP contribution in [0.4, 0.5) is 0 Å². The van der Waals surface area contributed by atoms with Gasteiger partial charge >= 0.3 is 132 Å². The van der Waals surface area contributed by atoms with Crippen LogP contribution >= 0.6 is 0 Å². The van der Waals surface area contributed by atoms with Crippen molar-refractivity contribution in [3.63, 3.8) is 0 Å². The van der Waals surface area contributed by atoms with Gasteiger partial charge in [0.15, 0.2) is 0 Å². The molecule has 0 aromatic heterocycles. The second-order valence-corrected chi connectivity index (χ2v) is 10.9. The van der Waals surface area contributed by atoms with Gasteiger partial charge in [-0.25, -0.2) is 0 Å². The fourth-order valence-corrected chi connectivity index (χ4v) is 7.50. The Kier molecular flexibility index (Phi) is 12.3. The van der Waals surface area contributed by atoms with E-state index < -0.39 is 21.1 Å². The molecule has 0 saturated heterocycles. The minimum absolute atomic E-state index is 0.623. The first-order chi connectivity index (χ1) is 9.14. The Balaban J connectivity index is 4.70. The Morgan fingerprint density at radius 2 is 1.32 bits per heavy atom. The first-order valence-electron chi connectivity index (χ1n) is 8.24. The van der Waals surface area contributed by atoms with Gasteiger partial charge in [0.1, 0.15) is 0 Å². The number of unbranched alkanes of at least 4 members (excludes halogenated alkanes) is 3. The van der Waals surface area contributed by atoms with Crippen LogP contribution in [0.15, 0.2) is 10.4 Å². The average Bonchev–Trinajstić information content (AvgIpc) is 2.40. The van der Waals surface area contributed by atoms with Gasteiger partial charge in [-0.15, -0.1) is 0 Å². The van der Waals surface area contributed by atoms with Crippen molar-refractivity contribution < 1.29 is 4.74 Å². The monoisotopic (exact) mass is 374 g/mol. The molecule has 0 saturated carbocycles. The Labute approximate surface area is 131 Å². The van der Waals surface area contributed by atoms with Crippen LogP contribution in [-0.4, -0.2) is 27.7 Å². The molecule has 0 fully saturated rings. The van der Waals surface area contributed by atoms with Gasteiger partial charge in [-0.1, -0.05) is 0 Å². The summed E-state index contributed by atoms with van der Waals surface area (Å²) >= 11 is -0.663. The summed E-state index contributed by atoms with van der Waals surface area (Å²) in [5, 5.41) is 0. The van der Waals surface area contributed by atoms with Crippen LogP contribution < -0.4 is 0 Å². The van der Waals surface area contributed by atoms with Crippen molar-refractivity contribution in [3.8, 4) is 0 Å². The van der Waals surface area contributed by atoms with E-state index in [1.807, 2.05) is 0 Å². The number of hydrogen-bond acceptors (Lipinski definition) is 1. The Hall–Kier alpha value is 0.339. The first kappa shape index (κ1) is 19.3. The summed E-state index contributed by atoms with van der Waals surface area (Å²) in [6, 6.07) is 0. The molecule has 112 valence electrons. The van der Waals surface area contributed by atoms with Crippen LogP contribution in [0, 0.1) is 0 Å². The van der Waals surface area contributed by atoms with Gasteiger partial charge in [0, 0.05) is 0 Å². The summed E-state index contributed by atoms with van der Waals surface area (Å²) in [5.74, 6) is 0. The van der Waals surface area contributed by atoms with E-state index in [1.165, 1.54) is 61.6 Å². The third-order valence-corrected chi connectivity index (χ3v) is 8.61. The molecular weight excluding hydrogens is 339 g/mol. The zero-order chi connectivity index (χ0) is 14.6. The van der Waals surface area contributed by atoms with E-state index >= 15 is 0 Å². The van der Waals surface area contributed by atoms with Gasteiger partial charge in [0.2, 0.25) is 0 Å². The predicted molar refractivity (Wildman–Crippen MR) is 87.8 cm³/mol. The van der Waals surface area contributed by atoms with E-state index in [-0.39, 0.29) is 0 Å². The summed E-state index contributed by atoms with van der Waals surface area (Å²) < 4.78 is 7.52. The molecule has 0 aliphatic carbocycles. The molecule has 0 amide bonds. The van der Waals surface area contributed by atoms with E-state index in [1.54, 1.807) is 0 Å². The summed E-state index contributed by atoms with van der Waals surface area (Å²) in [4.78, 5) is 0. The van der Waals surface area contributed by atoms with Gasteiger partial charge < -0.3 is 0 Å². The first-order valence-corrected chi connectivity index (χ1v) is 11.1. The van der Waals surface area contributed by atoms with Gasteiger partial charge in [-0.3, -0.25) is 0 Å². The fraction of sp³-hybridized carbons (Fsp3) is 0.882. The molecule has 19 heavy (non-hydrogen) atoms. The van der Waals surface area contributed by atoms with Crippen LogP contribution in [0.5, 0.6) is 0 Å². The van der Waals surface area contributed by atoms with Crippen LogP contribution in [0.1, 0.15) is 85.5 Å². The van der Waals surface area contributed by atoms with Crippen molar-refractivity contribution in [2.45, 2.75) is 88.9 Å². The standard InChI is InChI=1S/C13H27.C4H7O.Sn/c1-4-7-10-13(11-8-5-2)12-9-6-3;1-3-5-4-2;/h4-12H2,1-3H3;1,4H2,2H3;. The Morgan fingerprint density at radius 1 is 0.895 bits per heavy atom. The normalized spacial score (nSPS) is 11.6. The SMILES string of the molecule is C=[C](OCC)[Sn][C](CCCC)(CCCC)CCCC. The Morgan fingerprint density at radius 3 is 1.63 bits per heavy atom. The zero-order valence-electron chi connectivity index (χ0n) is 13.7. The molecule has 0 bridgehead atoms. The second kappa shape index (κ2) is 12.1. The maximum atomic E-state index is 5.72. The quantitative estimate of drug-likeness (QED) is 0.287. The van der Waals surface area contributed by atoms with Crippen molar-refractivity contribution in [2.24, 2.45) is 0 Å². The average molecular weight is 373 g/mol. The van der Waals surface area contributed by atoms with Gasteiger partial charge in [-0.2, -0.15) is 0 Å². The zero-order valence-corrected chi connectivity index (χ0v) is 16.5. The molecule has 1 nitrogen and oxygen atoms in total. The van der Waals surface area contributed by atoms with E-state index in [2.05, 4.69) is 34.3 Å². The van der Waals surface area contributed by atoms with Crippen molar-refractivity contribution in [3.05, 3.63) is 10.4 Å². The van der Waals surface area contributed by atoms with Crippen LogP contribution in [0.25, 0.3) is 0 Å². The molecule has 0 unspecified atom stereocenters. The van der Waals surface area contributed by atoms with Gasteiger partial charge in [0.05, 0.1) is 0 Å². The predicted octanol–water partition coefficient (Wildman–Crippen LogP) is 5.93. The van der Waals surface area contributed by atoms with E-state index in [9.17, 15) is 0 Å². The van der Waals surface area contributed by atoms with Gasteiger partial charge in [-0.05, 0) is 0 Å². The van der Waals surface area contributed by atoms with Crippen LogP contribution in [-0.2, 0) is 4.74 Å². The third kappa shape index (κ3) is 8.99. The second-order valence-electron chi connectivity index (χ2n) is 5.57. The molecular formula is C17H34OSn. The van der Waals surface area contributed by atoms with Crippen molar-refractivity contribution in [1.82, 2.24) is 0 Å². The van der Waals surface area contributed by atoms with Crippen LogP contribution in [0.2, 0.25) is 3.43 Å². The molecule has 2 heteroatoms. The molecule has 0 heterocycles. The van der Waals surface area contributed by atoms with Crippen molar-refractivity contribution in [1.29, 1.82) is 0 Å². The van der Waals surface area contributed by atoms with E-state index in [4.69, 9.17) is 4.74 Å². The van der Waals surface area contributed by atoms with Gasteiger partial charge in [0.25, 0.3) is 0 Å². The summed E-state index contributed by atoms with van der Waals surface area (Å²) in [5.41, 5.74) is 0. The van der Waals surface area contributed by atoms with E-state index in [0.29, 0.717) is 3.43 Å². The topological polar surface area (TPSA) is 9.23 Å². The molecule has 0 aliphatic rings. The molecule has 0 N–H and O–H groups in total. The number of rotatable bonds is 13. The van der Waals surface area contributed by atoms with E-state index in [0.717, 1.165) is 6.61 Å². The molecule has 0 aromatic carbocycles. The molecule has 0 atom stereocenters. The van der Waals surface area contributed by atoms with Crippen molar-refractivity contribution in [2.75, 3.05) is 6.61 Å². The Bertz CT molecular complexity index is 204. The summed E-state index contributed by atoms with van der Waals surface area (Å²) in [6.07, 6.45) is 12.4. The molecule has 2 radical (unpaired) electrons. The molecule has 0 aromatic rings. The molecule has 0 spiro atoms. The maximum absolute atomic E-state index is 5.72. The third-order valence-electron chi connectivity index (χ3n) is 3.75. The molecule has 0 rings (SSSR count). The van der Waals surface area contributed by atoms with Crippen molar-refractivity contribution >= 4 is 21.1 Å². The van der Waals surface area contributed by atoms with Crippen LogP contribution in [0.3, 0.4) is 0 Å². The minimum atomic E-state index is -0.663. The number of ether oxygens (including phenoxy) is 1.